The molecule has 2 aromatic carbocycles. The highest BCUT2D eigenvalue weighted by Crippen LogP contribution is 2.26. The summed E-state index contributed by atoms with van der Waals surface area (Å²) in [6, 6.07) is 12.6. The van der Waals surface area contributed by atoms with Gasteiger partial charge in [0.25, 0.3) is 0 Å². The molecule has 106 valence electrons. The largest absolute Gasteiger partial charge is 0.493 e. The van der Waals surface area contributed by atoms with Gasteiger partial charge in [0.15, 0.2) is 0 Å². The van der Waals surface area contributed by atoms with Crippen molar-refractivity contribution >= 4 is 28.9 Å². The third kappa shape index (κ3) is 4.22. The molecular weight excluding hydrogens is 297 g/mol. The zero-order chi connectivity index (χ0) is 14.4. The summed E-state index contributed by atoms with van der Waals surface area (Å²) in [4.78, 5) is 0. The Morgan fingerprint density at radius 1 is 0.900 bits per heavy atom. The Bertz CT molecular complexity index is 576. The van der Waals surface area contributed by atoms with E-state index in [4.69, 9.17) is 38.4 Å². The Kier molecular flexibility index (Phi) is 5.39. The van der Waals surface area contributed by atoms with E-state index >= 15 is 0 Å². The predicted octanol–water partition coefficient (Wildman–Crippen LogP) is 4.42. The van der Waals surface area contributed by atoms with Crippen molar-refractivity contribution in [1.29, 1.82) is 0 Å². The maximum atomic E-state index is 5.90. The summed E-state index contributed by atoms with van der Waals surface area (Å²) in [5.74, 6) is 1.39. The van der Waals surface area contributed by atoms with E-state index in [2.05, 4.69) is 0 Å². The van der Waals surface area contributed by atoms with E-state index in [-0.39, 0.29) is 0 Å². The molecule has 0 fully saturated rings. The number of hydrogen-bond acceptors (Lipinski definition) is 3. The molecule has 0 aliphatic carbocycles. The molecule has 0 aliphatic heterocycles. The molecule has 0 heterocycles. The van der Waals surface area contributed by atoms with Gasteiger partial charge in [0.1, 0.15) is 11.5 Å². The molecule has 2 N–H and O–H groups in total. The fraction of sp³-hybridized carbons (Fsp3) is 0.200. The monoisotopic (exact) mass is 311 g/mol. The van der Waals surface area contributed by atoms with Gasteiger partial charge in [0.05, 0.1) is 28.9 Å². The lowest BCUT2D eigenvalue weighted by Crippen LogP contribution is -2.06. The number of nitrogens with two attached hydrogens (primary N) is 1. The molecule has 0 amide bonds. The van der Waals surface area contributed by atoms with E-state index in [1.54, 1.807) is 18.2 Å². The highest BCUT2D eigenvalue weighted by molar-refractivity contribution is 6.42. The first-order chi connectivity index (χ1) is 9.66. The third-order valence-corrected chi connectivity index (χ3v) is 3.36. The van der Waals surface area contributed by atoms with Crippen molar-refractivity contribution in [1.82, 2.24) is 0 Å². The summed E-state index contributed by atoms with van der Waals surface area (Å²) in [5.41, 5.74) is 6.41. The summed E-state index contributed by atoms with van der Waals surface area (Å²) in [6.45, 7) is 1.07. The molecule has 3 nitrogen and oxygen atoms in total. The van der Waals surface area contributed by atoms with Crippen LogP contribution in [0.3, 0.4) is 0 Å². The van der Waals surface area contributed by atoms with Crippen LogP contribution in [0.5, 0.6) is 11.5 Å². The smallest absolute Gasteiger partial charge is 0.142 e. The van der Waals surface area contributed by atoms with Crippen LogP contribution in [0.15, 0.2) is 42.5 Å². The van der Waals surface area contributed by atoms with Crippen LogP contribution in [0.25, 0.3) is 0 Å². The lowest BCUT2D eigenvalue weighted by atomic mass is 10.3. The van der Waals surface area contributed by atoms with Gasteiger partial charge in [-0.3, -0.25) is 0 Å². The molecule has 0 saturated carbocycles. The summed E-state index contributed by atoms with van der Waals surface area (Å²) in [5, 5.41) is 0.999. The van der Waals surface area contributed by atoms with Gasteiger partial charge in [0, 0.05) is 12.5 Å². The van der Waals surface area contributed by atoms with Gasteiger partial charge >= 0.3 is 0 Å². The molecule has 0 atom stereocenters. The fourth-order valence-electron chi connectivity index (χ4n) is 1.61. The molecule has 20 heavy (non-hydrogen) atoms. The first-order valence-electron chi connectivity index (χ1n) is 6.22. The minimum absolute atomic E-state index is 0.484. The number of anilines is 1. The van der Waals surface area contributed by atoms with Crippen LogP contribution < -0.4 is 15.2 Å². The Hall–Kier alpha value is -1.58. The first kappa shape index (κ1) is 14.8. The quantitative estimate of drug-likeness (QED) is 0.634. The zero-order valence-corrected chi connectivity index (χ0v) is 12.3. The van der Waals surface area contributed by atoms with E-state index in [1.807, 2.05) is 24.3 Å². The van der Waals surface area contributed by atoms with Crippen LogP contribution in [-0.4, -0.2) is 13.2 Å². The average Bonchev–Trinajstić information content (AvgIpc) is 2.44. The molecule has 0 aliphatic rings. The molecule has 0 unspecified atom stereocenters. The van der Waals surface area contributed by atoms with Crippen LogP contribution in [0.1, 0.15) is 6.42 Å². The van der Waals surface area contributed by atoms with Gasteiger partial charge in [-0.15, -0.1) is 0 Å². The molecule has 2 aromatic rings. The van der Waals surface area contributed by atoms with Crippen molar-refractivity contribution in [3.63, 3.8) is 0 Å². The lowest BCUT2D eigenvalue weighted by Gasteiger charge is -2.09. The Balaban J connectivity index is 1.71. The van der Waals surface area contributed by atoms with Gasteiger partial charge < -0.3 is 15.2 Å². The minimum atomic E-state index is 0.484. The number of hydrogen-bond donors (Lipinski definition) is 1. The minimum Gasteiger partial charge on any atom is -0.493 e. The highest BCUT2D eigenvalue weighted by Gasteiger charge is 2.01. The van der Waals surface area contributed by atoms with Gasteiger partial charge in [-0.25, -0.2) is 0 Å². The summed E-state index contributed by atoms with van der Waals surface area (Å²) in [6.07, 6.45) is 0.745. The molecule has 0 saturated heterocycles. The number of rotatable bonds is 6. The van der Waals surface area contributed by atoms with Crippen molar-refractivity contribution in [2.24, 2.45) is 0 Å². The van der Waals surface area contributed by atoms with Crippen LogP contribution in [-0.2, 0) is 0 Å². The number of halogens is 2. The van der Waals surface area contributed by atoms with Crippen molar-refractivity contribution in [3.8, 4) is 11.5 Å². The van der Waals surface area contributed by atoms with Crippen LogP contribution in [0, 0.1) is 0 Å². The summed E-state index contributed by atoms with van der Waals surface area (Å²) < 4.78 is 11.1. The number of benzene rings is 2. The topological polar surface area (TPSA) is 44.5 Å². The zero-order valence-electron chi connectivity index (χ0n) is 10.8. The lowest BCUT2D eigenvalue weighted by molar-refractivity contribution is 0.248. The normalized spacial score (nSPS) is 10.3. The van der Waals surface area contributed by atoms with Gasteiger partial charge in [0.2, 0.25) is 0 Å². The Labute approximate surface area is 128 Å². The molecular formula is C15H15Cl2NO2. The summed E-state index contributed by atoms with van der Waals surface area (Å²) in [7, 11) is 0. The highest BCUT2D eigenvalue weighted by atomic mass is 35.5. The van der Waals surface area contributed by atoms with E-state index in [9.17, 15) is 0 Å². The van der Waals surface area contributed by atoms with Crippen molar-refractivity contribution < 1.29 is 9.47 Å². The molecule has 5 heteroatoms. The van der Waals surface area contributed by atoms with Crippen LogP contribution >= 0.6 is 23.2 Å². The number of nitrogen functional groups attached to an aromatic ring is 1. The van der Waals surface area contributed by atoms with Gasteiger partial charge in [-0.1, -0.05) is 35.3 Å². The standard InChI is InChI=1S/C15H15Cl2NO2/c16-12-7-6-11(10-13(12)17)19-8-3-9-20-15-5-2-1-4-14(15)18/h1-2,4-7,10H,3,8-9,18H2. The third-order valence-electron chi connectivity index (χ3n) is 2.63. The van der Waals surface area contributed by atoms with E-state index in [0.29, 0.717) is 40.4 Å². The second-order valence-electron chi connectivity index (χ2n) is 4.16. The van der Waals surface area contributed by atoms with Crippen molar-refractivity contribution in [2.75, 3.05) is 18.9 Å². The Morgan fingerprint density at radius 2 is 1.65 bits per heavy atom. The predicted molar refractivity (Wildman–Crippen MR) is 82.9 cm³/mol. The van der Waals surface area contributed by atoms with E-state index in [1.165, 1.54) is 0 Å². The SMILES string of the molecule is Nc1ccccc1OCCCOc1ccc(Cl)c(Cl)c1. The summed E-state index contributed by atoms with van der Waals surface area (Å²) >= 11 is 11.7. The average molecular weight is 312 g/mol. The molecule has 0 aromatic heterocycles. The van der Waals surface area contributed by atoms with Gasteiger partial charge in [-0.05, 0) is 24.3 Å². The van der Waals surface area contributed by atoms with Crippen molar-refractivity contribution in [2.45, 2.75) is 6.42 Å². The Morgan fingerprint density at radius 3 is 2.40 bits per heavy atom. The van der Waals surface area contributed by atoms with Crippen molar-refractivity contribution in [3.05, 3.63) is 52.5 Å². The van der Waals surface area contributed by atoms with Crippen LogP contribution in [0.2, 0.25) is 10.0 Å². The number of ether oxygens (including phenoxy) is 2. The fourth-order valence-corrected chi connectivity index (χ4v) is 1.90. The molecule has 0 bridgehead atoms. The second kappa shape index (κ2) is 7.27. The molecule has 2 rings (SSSR count). The number of para-hydroxylation sites is 2. The van der Waals surface area contributed by atoms with Crippen LogP contribution in [0.4, 0.5) is 5.69 Å². The second-order valence-corrected chi connectivity index (χ2v) is 4.98. The molecule has 0 spiro atoms. The molecule has 0 radical (unpaired) electrons. The van der Waals surface area contributed by atoms with E-state index in [0.717, 1.165) is 6.42 Å². The van der Waals surface area contributed by atoms with Gasteiger partial charge in [-0.2, -0.15) is 0 Å². The van der Waals surface area contributed by atoms with E-state index < -0.39 is 0 Å². The maximum Gasteiger partial charge on any atom is 0.142 e. The first-order valence-corrected chi connectivity index (χ1v) is 6.97. The maximum absolute atomic E-state index is 5.90.